The molecule has 20 heavy (non-hydrogen) atoms. The number of thiophene rings is 1. The molecule has 1 aromatic carbocycles. The molecule has 1 heterocycles. The van der Waals surface area contributed by atoms with E-state index in [-0.39, 0.29) is 11.6 Å². The highest BCUT2D eigenvalue weighted by Crippen LogP contribution is 2.35. The Morgan fingerprint density at radius 2 is 2.20 bits per heavy atom. The van der Waals surface area contributed by atoms with E-state index in [1.54, 1.807) is 23.5 Å². The molecule has 4 heteroatoms. The predicted octanol–water partition coefficient (Wildman–Crippen LogP) is 4.26. The Kier molecular flexibility index (Phi) is 3.57. The third-order valence-corrected chi connectivity index (χ3v) is 4.42. The van der Waals surface area contributed by atoms with Gasteiger partial charge in [0.15, 0.2) is 5.78 Å². The highest BCUT2D eigenvalue weighted by molar-refractivity contribution is 7.09. The zero-order chi connectivity index (χ0) is 14.1. The average Bonchev–Trinajstić information content (AvgIpc) is 3.14. The van der Waals surface area contributed by atoms with E-state index >= 15 is 0 Å². The molecule has 1 aliphatic carbocycles. The lowest BCUT2D eigenvalue weighted by Crippen LogP contribution is -2.25. The number of carbonyl (C=O) groups is 1. The quantitative estimate of drug-likeness (QED) is 0.767. The first-order valence-electron chi connectivity index (χ1n) is 6.74. The molecule has 3 rings (SSSR count). The van der Waals surface area contributed by atoms with Gasteiger partial charge in [-0.15, -0.1) is 11.3 Å². The highest BCUT2D eigenvalue weighted by Gasteiger charge is 2.31. The molecule has 1 aromatic heterocycles. The highest BCUT2D eigenvalue weighted by atomic mass is 32.1. The first-order valence-corrected chi connectivity index (χ1v) is 7.62. The molecule has 1 fully saturated rings. The van der Waals surface area contributed by atoms with E-state index in [1.165, 1.54) is 17.9 Å². The van der Waals surface area contributed by atoms with Crippen molar-refractivity contribution in [2.45, 2.75) is 32.4 Å². The topological polar surface area (TPSA) is 20.3 Å². The summed E-state index contributed by atoms with van der Waals surface area (Å²) in [5.41, 5.74) is 1.03. The Hall–Kier alpha value is -1.68. The molecule has 0 N–H and O–H groups in total. The maximum absolute atomic E-state index is 14.3. The summed E-state index contributed by atoms with van der Waals surface area (Å²) in [5, 5.41) is 2.04. The predicted molar refractivity (Wildman–Crippen MR) is 79.9 cm³/mol. The van der Waals surface area contributed by atoms with Crippen molar-refractivity contribution in [3.63, 3.8) is 0 Å². The molecule has 1 aliphatic rings. The zero-order valence-electron chi connectivity index (χ0n) is 11.3. The second-order valence-corrected chi connectivity index (χ2v) is 6.19. The summed E-state index contributed by atoms with van der Waals surface area (Å²) < 4.78 is 14.3. The third-order valence-electron chi connectivity index (χ3n) is 3.56. The lowest BCUT2D eigenvalue weighted by Gasteiger charge is -2.24. The van der Waals surface area contributed by atoms with Gasteiger partial charge in [-0.1, -0.05) is 6.07 Å². The number of carbonyl (C=O) groups excluding carboxylic acids is 1. The van der Waals surface area contributed by atoms with Crippen molar-refractivity contribution in [1.29, 1.82) is 0 Å². The second-order valence-electron chi connectivity index (χ2n) is 5.16. The molecule has 0 spiro atoms. The number of rotatable bonds is 5. The van der Waals surface area contributed by atoms with Crippen molar-refractivity contribution in [1.82, 2.24) is 0 Å². The first kappa shape index (κ1) is 13.3. The smallest absolute Gasteiger partial charge is 0.159 e. The van der Waals surface area contributed by atoms with Gasteiger partial charge in [0.1, 0.15) is 5.82 Å². The maximum atomic E-state index is 14.3. The Labute approximate surface area is 121 Å². The molecule has 0 amide bonds. The van der Waals surface area contributed by atoms with Crippen LogP contribution in [-0.2, 0) is 6.54 Å². The molecular formula is C16H16FNOS. The van der Waals surface area contributed by atoms with Crippen LogP contribution in [0.4, 0.5) is 10.1 Å². The molecule has 0 radical (unpaired) electrons. The van der Waals surface area contributed by atoms with Crippen molar-refractivity contribution in [3.8, 4) is 0 Å². The molecule has 0 bridgehead atoms. The summed E-state index contributed by atoms with van der Waals surface area (Å²) in [6.07, 6.45) is 2.22. The molecule has 0 saturated heterocycles. The van der Waals surface area contributed by atoms with Gasteiger partial charge in [0.25, 0.3) is 0 Å². The van der Waals surface area contributed by atoms with E-state index in [0.29, 0.717) is 17.3 Å². The Morgan fingerprint density at radius 3 is 2.75 bits per heavy atom. The van der Waals surface area contributed by atoms with Gasteiger partial charge in [-0.25, -0.2) is 4.39 Å². The van der Waals surface area contributed by atoms with Crippen LogP contribution < -0.4 is 4.90 Å². The molecule has 2 aromatic rings. The minimum atomic E-state index is -0.304. The van der Waals surface area contributed by atoms with E-state index in [1.807, 2.05) is 11.4 Å². The summed E-state index contributed by atoms with van der Waals surface area (Å²) >= 11 is 1.69. The lowest BCUT2D eigenvalue weighted by atomic mass is 10.1. The number of ketones is 1. The minimum absolute atomic E-state index is 0.105. The number of Topliss-reactive ketones (excluding diaryl/α,β-unsaturated/α-hetero) is 1. The molecule has 0 unspecified atom stereocenters. The molecule has 1 saturated carbocycles. The fourth-order valence-corrected chi connectivity index (χ4v) is 3.03. The number of halogens is 1. The largest absolute Gasteiger partial charge is 0.361 e. The van der Waals surface area contributed by atoms with Crippen LogP contribution in [0.25, 0.3) is 0 Å². The van der Waals surface area contributed by atoms with Gasteiger partial charge >= 0.3 is 0 Å². The van der Waals surface area contributed by atoms with Crippen molar-refractivity contribution >= 4 is 22.8 Å². The Balaban J connectivity index is 1.89. The summed E-state index contributed by atoms with van der Waals surface area (Å²) in [4.78, 5) is 14.6. The second kappa shape index (κ2) is 5.37. The van der Waals surface area contributed by atoms with Crippen LogP contribution in [-0.4, -0.2) is 11.8 Å². The van der Waals surface area contributed by atoms with Crippen LogP contribution in [0, 0.1) is 5.82 Å². The fourth-order valence-electron chi connectivity index (χ4n) is 2.33. The average molecular weight is 289 g/mol. The van der Waals surface area contributed by atoms with Crippen molar-refractivity contribution < 1.29 is 9.18 Å². The van der Waals surface area contributed by atoms with Gasteiger partial charge in [-0.05, 0) is 49.4 Å². The van der Waals surface area contributed by atoms with Gasteiger partial charge < -0.3 is 4.90 Å². The van der Waals surface area contributed by atoms with Crippen LogP contribution >= 0.6 is 11.3 Å². The van der Waals surface area contributed by atoms with E-state index in [2.05, 4.69) is 11.0 Å². The van der Waals surface area contributed by atoms with Crippen LogP contribution in [0.3, 0.4) is 0 Å². The van der Waals surface area contributed by atoms with Gasteiger partial charge in [0.05, 0.1) is 12.2 Å². The number of hydrogen-bond donors (Lipinski definition) is 0. The maximum Gasteiger partial charge on any atom is 0.159 e. The Bertz CT molecular complexity index is 619. The monoisotopic (exact) mass is 289 g/mol. The standard InChI is InChI=1S/C16H16FNOS/c1-11(19)12-4-7-16(15(17)9-12)18(13-5-6-13)10-14-3-2-8-20-14/h2-4,7-9,13H,5-6,10H2,1H3. The number of anilines is 1. The third kappa shape index (κ3) is 2.75. The van der Waals surface area contributed by atoms with Crippen molar-refractivity contribution in [2.75, 3.05) is 4.90 Å². The van der Waals surface area contributed by atoms with E-state index in [4.69, 9.17) is 0 Å². The van der Waals surface area contributed by atoms with Crippen molar-refractivity contribution in [2.24, 2.45) is 0 Å². The van der Waals surface area contributed by atoms with Gasteiger partial charge in [-0.2, -0.15) is 0 Å². The summed E-state index contributed by atoms with van der Waals surface area (Å²) in [7, 11) is 0. The SMILES string of the molecule is CC(=O)c1ccc(N(Cc2cccs2)C2CC2)c(F)c1. The molecule has 0 aliphatic heterocycles. The number of hydrogen-bond acceptors (Lipinski definition) is 3. The van der Waals surface area contributed by atoms with Crippen LogP contribution in [0.15, 0.2) is 35.7 Å². The fraction of sp³-hybridized carbons (Fsp3) is 0.312. The normalized spacial score (nSPS) is 14.3. The molecular weight excluding hydrogens is 273 g/mol. The van der Waals surface area contributed by atoms with E-state index in [9.17, 15) is 9.18 Å². The summed E-state index contributed by atoms with van der Waals surface area (Å²) in [6.45, 7) is 2.19. The number of benzene rings is 1. The van der Waals surface area contributed by atoms with Crippen LogP contribution in [0.1, 0.15) is 35.0 Å². The zero-order valence-corrected chi connectivity index (χ0v) is 12.1. The van der Waals surface area contributed by atoms with Gasteiger partial charge in [0.2, 0.25) is 0 Å². The summed E-state index contributed by atoms with van der Waals surface area (Å²) in [6, 6.07) is 9.31. The Morgan fingerprint density at radius 1 is 1.40 bits per heavy atom. The molecule has 2 nitrogen and oxygen atoms in total. The van der Waals surface area contributed by atoms with Crippen molar-refractivity contribution in [3.05, 3.63) is 52.0 Å². The van der Waals surface area contributed by atoms with Crippen LogP contribution in [0.5, 0.6) is 0 Å². The number of nitrogens with zero attached hydrogens (tertiary/aromatic N) is 1. The minimum Gasteiger partial charge on any atom is -0.361 e. The van der Waals surface area contributed by atoms with Gasteiger partial charge in [0, 0.05) is 16.5 Å². The van der Waals surface area contributed by atoms with Crippen LogP contribution in [0.2, 0.25) is 0 Å². The van der Waals surface area contributed by atoms with E-state index < -0.39 is 0 Å². The first-order chi connectivity index (χ1) is 9.65. The molecule has 0 atom stereocenters. The lowest BCUT2D eigenvalue weighted by molar-refractivity contribution is 0.101. The van der Waals surface area contributed by atoms with Gasteiger partial charge in [-0.3, -0.25) is 4.79 Å². The molecule has 104 valence electrons. The summed E-state index contributed by atoms with van der Waals surface area (Å²) in [5.74, 6) is -0.409. The van der Waals surface area contributed by atoms with E-state index in [0.717, 1.165) is 19.4 Å².